The van der Waals surface area contributed by atoms with Crippen molar-refractivity contribution in [2.24, 2.45) is 5.73 Å². The zero-order chi connectivity index (χ0) is 18.4. The number of rotatable bonds is 9. The molecule has 0 radical (unpaired) electrons. The van der Waals surface area contributed by atoms with Crippen molar-refractivity contribution >= 4 is 5.97 Å². The highest BCUT2D eigenvalue weighted by Crippen LogP contribution is 2.26. The number of nitrogens with two attached hydrogens (primary N) is 1. The van der Waals surface area contributed by atoms with Gasteiger partial charge in [-0.15, -0.1) is 0 Å². The third-order valence-corrected chi connectivity index (χ3v) is 4.10. The van der Waals surface area contributed by atoms with Crippen molar-refractivity contribution in [1.82, 2.24) is 5.32 Å². The van der Waals surface area contributed by atoms with Crippen LogP contribution in [0, 0.1) is 0 Å². The summed E-state index contributed by atoms with van der Waals surface area (Å²) in [5.74, 6) is -0.616. The first kappa shape index (κ1) is 23.1. The van der Waals surface area contributed by atoms with Crippen LogP contribution in [-0.2, 0) is 14.3 Å². The minimum absolute atomic E-state index is 0.0951. The first-order chi connectivity index (χ1) is 11.4. The van der Waals surface area contributed by atoms with Gasteiger partial charge in [0.25, 0.3) is 0 Å². The van der Waals surface area contributed by atoms with Crippen LogP contribution >= 0.6 is 0 Å². The molecule has 142 valence electrons. The second kappa shape index (κ2) is 13.4. The van der Waals surface area contributed by atoms with Crippen LogP contribution in [-0.4, -0.2) is 55.1 Å². The van der Waals surface area contributed by atoms with Gasteiger partial charge in [0.2, 0.25) is 0 Å². The first-order valence-corrected chi connectivity index (χ1v) is 8.99. The van der Waals surface area contributed by atoms with Crippen LogP contribution in [0.2, 0.25) is 0 Å². The van der Waals surface area contributed by atoms with Crippen molar-refractivity contribution < 1.29 is 19.4 Å². The Morgan fingerprint density at radius 3 is 2.67 bits per heavy atom. The van der Waals surface area contributed by atoms with Crippen LogP contribution in [0.3, 0.4) is 0 Å². The lowest BCUT2D eigenvalue weighted by Crippen LogP contribution is -2.59. The monoisotopic (exact) mass is 344 g/mol. The highest BCUT2D eigenvalue weighted by atomic mass is 16.5. The minimum atomic E-state index is -1.04. The molecule has 1 aliphatic heterocycles. The van der Waals surface area contributed by atoms with Gasteiger partial charge in [-0.1, -0.05) is 45.8 Å². The number of hydrogen-bond donors (Lipinski definition) is 3. The van der Waals surface area contributed by atoms with Crippen LogP contribution in [0.4, 0.5) is 0 Å². The minimum Gasteiger partial charge on any atom is -0.460 e. The fourth-order valence-electron chi connectivity index (χ4n) is 2.57. The Bertz CT molecular complexity index is 342. The Kier molecular flexibility index (Phi) is 12.8. The maximum Gasteiger partial charge on any atom is 0.334 e. The summed E-state index contributed by atoms with van der Waals surface area (Å²) in [5, 5.41) is 12.0. The fourth-order valence-corrected chi connectivity index (χ4v) is 2.57. The van der Waals surface area contributed by atoms with E-state index in [9.17, 15) is 4.79 Å². The van der Waals surface area contributed by atoms with Gasteiger partial charge < -0.3 is 25.6 Å². The summed E-state index contributed by atoms with van der Waals surface area (Å²) in [4.78, 5) is 10.4. The third kappa shape index (κ3) is 8.78. The smallest absolute Gasteiger partial charge is 0.334 e. The Hall–Kier alpha value is -0.950. The van der Waals surface area contributed by atoms with Crippen molar-refractivity contribution in [2.45, 2.75) is 70.6 Å². The van der Waals surface area contributed by atoms with Crippen molar-refractivity contribution in [1.29, 1.82) is 0 Å². The second-order valence-electron chi connectivity index (χ2n) is 6.16. The number of aliphatic hydroxyl groups is 1. The molecule has 3 unspecified atom stereocenters. The van der Waals surface area contributed by atoms with Crippen LogP contribution in [0.25, 0.3) is 0 Å². The molecule has 0 bridgehead atoms. The van der Waals surface area contributed by atoms with E-state index in [0.717, 1.165) is 32.5 Å². The molecule has 6 heteroatoms. The summed E-state index contributed by atoms with van der Waals surface area (Å²) in [5.41, 5.74) is 6.10. The molecule has 0 aromatic rings. The van der Waals surface area contributed by atoms with E-state index in [-0.39, 0.29) is 18.2 Å². The number of aliphatic hydroxyl groups excluding tert-OH is 1. The summed E-state index contributed by atoms with van der Waals surface area (Å²) < 4.78 is 10.4. The largest absolute Gasteiger partial charge is 0.460 e. The van der Waals surface area contributed by atoms with Crippen LogP contribution < -0.4 is 11.1 Å². The Morgan fingerprint density at radius 1 is 1.50 bits per heavy atom. The summed E-state index contributed by atoms with van der Waals surface area (Å²) in [7, 11) is 0. The zero-order valence-corrected chi connectivity index (χ0v) is 15.6. The standard InChI is InChI=1S/C12H26N2O.C6H10O3/c1-3-5-6-7-12(11(13)4-2)10-14-8-9-15-12;1-3-4-9-6(8)5(2)7/h11,14H,3-10,13H2,1-2H3;3,5,7H,1,4H2,2H3. The molecule has 0 amide bonds. The maximum absolute atomic E-state index is 10.4. The molecule has 0 aromatic heterocycles. The predicted molar refractivity (Wildman–Crippen MR) is 96.8 cm³/mol. The van der Waals surface area contributed by atoms with Crippen molar-refractivity contribution in [3.8, 4) is 0 Å². The first-order valence-electron chi connectivity index (χ1n) is 8.99. The molecule has 0 aromatic carbocycles. The third-order valence-electron chi connectivity index (χ3n) is 4.10. The molecule has 1 aliphatic rings. The Balaban J connectivity index is 0.000000506. The highest BCUT2D eigenvalue weighted by Gasteiger charge is 2.37. The molecule has 1 heterocycles. The van der Waals surface area contributed by atoms with Gasteiger partial charge in [-0.25, -0.2) is 4.79 Å². The number of esters is 1. The van der Waals surface area contributed by atoms with Gasteiger partial charge in [0.15, 0.2) is 0 Å². The molecule has 0 aliphatic carbocycles. The van der Waals surface area contributed by atoms with Gasteiger partial charge in [-0.3, -0.25) is 0 Å². The molecule has 1 rings (SSSR count). The molecule has 6 nitrogen and oxygen atoms in total. The summed E-state index contributed by atoms with van der Waals surface area (Å²) in [6.45, 7) is 11.9. The number of carbonyl (C=O) groups is 1. The lowest BCUT2D eigenvalue weighted by Gasteiger charge is -2.42. The van der Waals surface area contributed by atoms with Gasteiger partial charge >= 0.3 is 5.97 Å². The number of hydrogen-bond acceptors (Lipinski definition) is 6. The van der Waals surface area contributed by atoms with E-state index in [1.54, 1.807) is 0 Å². The molecule has 3 atom stereocenters. The number of ether oxygens (including phenoxy) is 2. The van der Waals surface area contributed by atoms with Crippen molar-refractivity contribution in [3.63, 3.8) is 0 Å². The topological polar surface area (TPSA) is 93.8 Å². The number of morpholine rings is 1. The zero-order valence-electron chi connectivity index (χ0n) is 15.6. The van der Waals surface area contributed by atoms with Crippen molar-refractivity contribution in [2.75, 3.05) is 26.3 Å². The average molecular weight is 344 g/mol. The highest BCUT2D eigenvalue weighted by molar-refractivity contribution is 5.73. The number of nitrogens with one attached hydrogen (secondary N) is 1. The van der Waals surface area contributed by atoms with Crippen molar-refractivity contribution in [3.05, 3.63) is 12.7 Å². The Morgan fingerprint density at radius 2 is 2.21 bits per heavy atom. The van der Waals surface area contributed by atoms with Crippen LogP contribution in [0.5, 0.6) is 0 Å². The normalized spacial score (nSPS) is 22.7. The molecular formula is C18H36N2O4. The van der Waals surface area contributed by atoms with E-state index in [1.807, 2.05) is 0 Å². The van der Waals surface area contributed by atoms with E-state index in [4.69, 9.17) is 15.6 Å². The lowest BCUT2D eigenvalue weighted by atomic mass is 9.86. The van der Waals surface area contributed by atoms with Crippen LogP contribution in [0.1, 0.15) is 52.9 Å². The van der Waals surface area contributed by atoms with Gasteiger partial charge in [0.05, 0.1) is 12.2 Å². The predicted octanol–water partition coefficient (Wildman–Crippen LogP) is 1.76. The summed E-state index contributed by atoms with van der Waals surface area (Å²) in [6.07, 6.45) is 6.26. The molecule has 4 N–H and O–H groups in total. The molecule has 1 fully saturated rings. The molecular weight excluding hydrogens is 308 g/mol. The SMILES string of the molecule is C=CCOC(=O)C(C)O.CCCCCC1(C(N)CC)CNCCO1. The summed E-state index contributed by atoms with van der Waals surface area (Å²) >= 11 is 0. The molecule has 0 saturated carbocycles. The van der Waals surface area contributed by atoms with Gasteiger partial charge in [-0.05, 0) is 19.8 Å². The fraction of sp³-hybridized carbons (Fsp3) is 0.833. The van der Waals surface area contributed by atoms with Gasteiger partial charge in [-0.2, -0.15) is 0 Å². The number of unbranched alkanes of at least 4 members (excludes halogenated alkanes) is 2. The lowest BCUT2D eigenvalue weighted by molar-refractivity contribution is -0.151. The Labute approximate surface area is 146 Å². The van der Waals surface area contributed by atoms with E-state index < -0.39 is 12.1 Å². The van der Waals surface area contributed by atoms with E-state index in [2.05, 4.69) is 30.5 Å². The molecule has 0 spiro atoms. The summed E-state index contributed by atoms with van der Waals surface area (Å²) in [6, 6.07) is 0.169. The van der Waals surface area contributed by atoms with Gasteiger partial charge in [0.1, 0.15) is 12.7 Å². The van der Waals surface area contributed by atoms with Gasteiger partial charge in [0, 0.05) is 19.1 Å². The average Bonchev–Trinajstić information content (AvgIpc) is 2.60. The molecule has 1 saturated heterocycles. The second-order valence-corrected chi connectivity index (χ2v) is 6.16. The van der Waals surface area contributed by atoms with E-state index in [0.29, 0.717) is 0 Å². The van der Waals surface area contributed by atoms with E-state index in [1.165, 1.54) is 32.3 Å². The van der Waals surface area contributed by atoms with E-state index >= 15 is 0 Å². The quantitative estimate of drug-likeness (QED) is 0.335. The maximum atomic E-state index is 10.4. The van der Waals surface area contributed by atoms with Crippen LogP contribution in [0.15, 0.2) is 12.7 Å². The number of carbonyl (C=O) groups excluding carboxylic acids is 1. The molecule has 24 heavy (non-hydrogen) atoms.